The molecule has 0 aliphatic rings. The maximum absolute atomic E-state index is 12.9. The lowest BCUT2D eigenvalue weighted by atomic mass is 10.2. The van der Waals surface area contributed by atoms with E-state index >= 15 is 0 Å². The minimum Gasteiger partial charge on any atom is -0.467 e. The predicted molar refractivity (Wildman–Crippen MR) is 88.9 cm³/mol. The van der Waals surface area contributed by atoms with Gasteiger partial charge in [0.15, 0.2) is 0 Å². The number of furan rings is 2. The monoisotopic (exact) mass is 344 g/mol. The molecule has 0 N–H and O–H groups in total. The van der Waals surface area contributed by atoms with Crippen molar-refractivity contribution in [2.24, 2.45) is 5.10 Å². The van der Waals surface area contributed by atoms with Crippen LogP contribution < -0.4 is 0 Å². The number of sulfonamides is 1. The van der Waals surface area contributed by atoms with E-state index in [0.717, 1.165) is 9.98 Å². The molecule has 24 heavy (non-hydrogen) atoms. The molecule has 0 fully saturated rings. The molecule has 0 bridgehead atoms. The zero-order chi connectivity index (χ0) is 17.0. The summed E-state index contributed by atoms with van der Waals surface area (Å²) in [4.78, 5) is 0.163. The van der Waals surface area contributed by atoms with Gasteiger partial charge in [0.05, 0.1) is 23.6 Å². The minimum atomic E-state index is -3.81. The Balaban J connectivity index is 1.94. The lowest BCUT2D eigenvalue weighted by Crippen LogP contribution is -2.26. The smallest absolute Gasteiger partial charge is 0.279 e. The van der Waals surface area contributed by atoms with Gasteiger partial charge in [0.25, 0.3) is 10.0 Å². The summed E-state index contributed by atoms with van der Waals surface area (Å²) in [7, 11) is -3.81. The summed E-state index contributed by atoms with van der Waals surface area (Å²) < 4.78 is 37.1. The van der Waals surface area contributed by atoms with Crippen molar-refractivity contribution in [3.05, 3.63) is 78.1 Å². The van der Waals surface area contributed by atoms with Crippen molar-refractivity contribution in [3.8, 4) is 0 Å². The molecule has 7 heteroatoms. The van der Waals surface area contributed by atoms with Crippen LogP contribution in [-0.2, 0) is 16.6 Å². The van der Waals surface area contributed by atoms with Crippen molar-refractivity contribution in [2.75, 3.05) is 0 Å². The number of benzene rings is 1. The molecule has 0 saturated carbocycles. The number of nitrogens with zero attached hydrogens (tertiary/aromatic N) is 2. The molecule has 0 aliphatic heterocycles. The molecule has 0 unspecified atom stereocenters. The van der Waals surface area contributed by atoms with E-state index in [-0.39, 0.29) is 11.4 Å². The van der Waals surface area contributed by atoms with Gasteiger partial charge in [-0.2, -0.15) is 17.9 Å². The van der Waals surface area contributed by atoms with Crippen molar-refractivity contribution >= 4 is 16.2 Å². The normalized spacial score (nSPS) is 11.9. The molecule has 3 aromatic rings. The van der Waals surface area contributed by atoms with Gasteiger partial charge in [-0.3, -0.25) is 0 Å². The van der Waals surface area contributed by atoms with Crippen LogP contribution >= 0.6 is 0 Å². The topological polar surface area (TPSA) is 76.0 Å². The van der Waals surface area contributed by atoms with Crippen LogP contribution in [0.2, 0.25) is 0 Å². The van der Waals surface area contributed by atoms with Crippen LogP contribution in [0.15, 0.2) is 79.9 Å². The van der Waals surface area contributed by atoms with Gasteiger partial charge in [0, 0.05) is 0 Å². The highest BCUT2D eigenvalue weighted by Gasteiger charge is 2.24. The van der Waals surface area contributed by atoms with Crippen LogP contribution in [-0.4, -0.2) is 19.0 Å². The van der Waals surface area contributed by atoms with Crippen LogP contribution in [0.4, 0.5) is 0 Å². The lowest BCUT2D eigenvalue weighted by Gasteiger charge is -2.18. The summed E-state index contributed by atoms with van der Waals surface area (Å²) in [6.07, 6.45) is 4.34. The fraction of sp³-hybridized carbons (Fsp3) is 0.118. The zero-order valence-electron chi connectivity index (χ0n) is 13.0. The van der Waals surface area contributed by atoms with Gasteiger partial charge in [0.2, 0.25) is 0 Å². The summed E-state index contributed by atoms with van der Waals surface area (Å²) in [6, 6.07) is 13.4. The second-order valence-corrected chi connectivity index (χ2v) is 6.98. The highest BCUT2D eigenvalue weighted by molar-refractivity contribution is 7.89. The molecular weight excluding hydrogens is 328 g/mol. The third-order valence-corrected chi connectivity index (χ3v) is 4.97. The predicted octanol–water partition coefficient (Wildman–Crippen LogP) is 3.41. The zero-order valence-corrected chi connectivity index (χ0v) is 13.8. The quantitative estimate of drug-likeness (QED) is 0.507. The fourth-order valence-electron chi connectivity index (χ4n) is 2.04. The number of rotatable bonds is 6. The average Bonchev–Trinajstić information content (AvgIpc) is 3.25. The molecule has 0 spiro atoms. The Morgan fingerprint density at radius 1 is 1.04 bits per heavy atom. The lowest BCUT2D eigenvalue weighted by molar-refractivity contribution is 0.377. The molecule has 2 aromatic heterocycles. The number of hydrogen-bond donors (Lipinski definition) is 0. The molecule has 3 rings (SSSR count). The van der Waals surface area contributed by atoms with Crippen molar-refractivity contribution < 1.29 is 17.3 Å². The third kappa shape index (κ3) is 3.57. The van der Waals surface area contributed by atoms with Crippen LogP contribution in [0.5, 0.6) is 0 Å². The SMILES string of the molecule is Cc1ccc(S(=O)(=O)N(Cc2ccco2)/N=C/c2ccco2)cc1. The molecule has 1 aromatic carbocycles. The van der Waals surface area contributed by atoms with Crippen molar-refractivity contribution in [1.82, 2.24) is 4.41 Å². The minimum absolute atomic E-state index is 0.0135. The summed E-state index contributed by atoms with van der Waals surface area (Å²) in [5.74, 6) is 0.945. The van der Waals surface area contributed by atoms with E-state index in [9.17, 15) is 8.42 Å². The Labute approximate surface area is 140 Å². The van der Waals surface area contributed by atoms with Crippen molar-refractivity contribution in [3.63, 3.8) is 0 Å². The maximum atomic E-state index is 12.9. The van der Waals surface area contributed by atoms with Gasteiger partial charge >= 0.3 is 0 Å². The van der Waals surface area contributed by atoms with E-state index in [1.807, 2.05) is 6.92 Å². The maximum Gasteiger partial charge on any atom is 0.279 e. The summed E-state index contributed by atoms with van der Waals surface area (Å²) in [5, 5.41) is 4.08. The van der Waals surface area contributed by atoms with E-state index in [1.165, 1.54) is 18.7 Å². The van der Waals surface area contributed by atoms with Crippen LogP contribution in [0.3, 0.4) is 0 Å². The molecule has 124 valence electrons. The molecule has 0 amide bonds. The second kappa shape index (κ2) is 6.76. The Hall–Kier alpha value is -2.80. The Kier molecular flexibility index (Phi) is 4.52. The summed E-state index contributed by atoms with van der Waals surface area (Å²) in [5.41, 5.74) is 0.977. The van der Waals surface area contributed by atoms with Gasteiger partial charge in [-0.15, -0.1) is 0 Å². The Bertz CT molecular complexity index is 896. The summed E-state index contributed by atoms with van der Waals surface area (Å²) >= 11 is 0. The number of aryl methyl sites for hydroxylation is 1. The highest BCUT2D eigenvalue weighted by atomic mass is 32.2. The van der Waals surface area contributed by atoms with Gasteiger partial charge in [-0.05, 0) is 43.3 Å². The molecule has 6 nitrogen and oxygen atoms in total. The van der Waals surface area contributed by atoms with E-state index in [2.05, 4.69) is 5.10 Å². The van der Waals surface area contributed by atoms with Gasteiger partial charge in [0.1, 0.15) is 18.1 Å². The molecule has 2 heterocycles. The molecule has 0 saturated heterocycles. The first-order valence-electron chi connectivity index (χ1n) is 7.25. The average molecular weight is 344 g/mol. The Morgan fingerprint density at radius 2 is 1.75 bits per heavy atom. The van der Waals surface area contributed by atoms with Gasteiger partial charge in [-0.25, -0.2) is 0 Å². The van der Waals surface area contributed by atoms with E-state index in [1.54, 1.807) is 48.5 Å². The Morgan fingerprint density at radius 3 is 2.38 bits per heavy atom. The van der Waals surface area contributed by atoms with Crippen LogP contribution in [0.1, 0.15) is 17.1 Å². The van der Waals surface area contributed by atoms with E-state index in [0.29, 0.717) is 11.5 Å². The van der Waals surface area contributed by atoms with Gasteiger partial charge < -0.3 is 8.83 Å². The number of hydrogen-bond acceptors (Lipinski definition) is 5. The first-order chi connectivity index (χ1) is 11.6. The first-order valence-corrected chi connectivity index (χ1v) is 8.69. The van der Waals surface area contributed by atoms with Crippen LogP contribution in [0.25, 0.3) is 0 Å². The van der Waals surface area contributed by atoms with Crippen LogP contribution in [0, 0.1) is 6.92 Å². The molecular formula is C17H16N2O4S. The standard InChI is InChI=1S/C17H16N2O4S/c1-14-6-8-17(9-7-14)24(20,21)19(13-16-5-3-11-23-16)18-12-15-4-2-10-22-15/h2-12H,13H2,1H3/b18-12+. The molecule has 0 radical (unpaired) electrons. The first kappa shape index (κ1) is 16.1. The third-order valence-electron chi connectivity index (χ3n) is 3.32. The van der Waals surface area contributed by atoms with E-state index in [4.69, 9.17) is 8.83 Å². The highest BCUT2D eigenvalue weighted by Crippen LogP contribution is 2.19. The largest absolute Gasteiger partial charge is 0.467 e. The number of hydrazone groups is 1. The van der Waals surface area contributed by atoms with Crippen molar-refractivity contribution in [2.45, 2.75) is 18.4 Å². The summed E-state index contributed by atoms with van der Waals surface area (Å²) in [6.45, 7) is 1.88. The van der Waals surface area contributed by atoms with Gasteiger partial charge in [-0.1, -0.05) is 17.7 Å². The van der Waals surface area contributed by atoms with Crippen molar-refractivity contribution in [1.29, 1.82) is 0 Å². The molecule has 0 atom stereocenters. The fourth-order valence-corrected chi connectivity index (χ4v) is 3.23. The van der Waals surface area contributed by atoms with E-state index < -0.39 is 10.0 Å². The second-order valence-electron chi connectivity index (χ2n) is 5.14. The molecule has 0 aliphatic carbocycles.